The van der Waals surface area contributed by atoms with Gasteiger partial charge in [-0.3, -0.25) is 4.99 Å². The smallest absolute Gasteiger partial charge is 0.191 e. The summed E-state index contributed by atoms with van der Waals surface area (Å²) in [5, 5.41) is 0. The number of nitrogens with two attached hydrogens (primary N) is 1. The van der Waals surface area contributed by atoms with Gasteiger partial charge in [-0.15, -0.1) is 0 Å². The maximum atomic E-state index is 5.90. The highest BCUT2D eigenvalue weighted by Gasteiger charge is 2.02. The summed E-state index contributed by atoms with van der Waals surface area (Å²) < 4.78 is 0. The van der Waals surface area contributed by atoms with Gasteiger partial charge in [-0.25, -0.2) is 0 Å². The zero-order valence-corrected chi connectivity index (χ0v) is 11.4. The summed E-state index contributed by atoms with van der Waals surface area (Å²) in [6.07, 6.45) is 1.20. The van der Waals surface area contributed by atoms with E-state index < -0.39 is 0 Å². The van der Waals surface area contributed by atoms with Crippen molar-refractivity contribution in [2.75, 3.05) is 39.3 Å². The molecule has 0 heterocycles. The number of nitrogens with zero attached hydrogens (tertiary/aromatic N) is 3. The highest BCUT2D eigenvalue weighted by Crippen LogP contribution is 1.92. The molecule has 0 aliphatic heterocycles. The van der Waals surface area contributed by atoms with Crippen LogP contribution in [0.15, 0.2) is 4.99 Å². The molecule has 0 aliphatic carbocycles. The molecule has 0 fully saturated rings. The van der Waals surface area contributed by atoms with Gasteiger partial charge in [0.2, 0.25) is 0 Å². The minimum atomic E-state index is 0.678. The van der Waals surface area contributed by atoms with E-state index in [1.807, 2.05) is 0 Å². The Hall–Kier alpha value is -0.770. The van der Waals surface area contributed by atoms with Gasteiger partial charge in [0.15, 0.2) is 5.96 Å². The quantitative estimate of drug-likeness (QED) is 0.504. The summed E-state index contributed by atoms with van der Waals surface area (Å²) in [5.41, 5.74) is 5.90. The van der Waals surface area contributed by atoms with Crippen LogP contribution in [-0.2, 0) is 0 Å². The third-order valence-electron chi connectivity index (χ3n) is 2.76. The van der Waals surface area contributed by atoms with Crippen LogP contribution in [0, 0.1) is 0 Å². The molecule has 0 bridgehead atoms. The summed E-state index contributed by atoms with van der Waals surface area (Å²) in [6.45, 7) is 14.5. The summed E-state index contributed by atoms with van der Waals surface area (Å²) in [6, 6.07) is 0. The Bertz CT molecular complexity index is 187. The third-order valence-corrected chi connectivity index (χ3v) is 2.76. The van der Waals surface area contributed by atoms with Crippen LogP contribution in [0.4, 0.5) is 0 Å². The molecule has 4 heteroatoms. The van der Waals surface area contributed by atoms with E-state index in [9.17, 15) is 0 Å². The predicted molar refractivity (Wildman–Crippen MR) is 71.8 cm³/mol. The van der Waals surface area contributed by atoms with Gasteiger partial charge in [-0.1, -0.05) is 13.8 Å². The number of hydrogen-bond donors (Lipinski definition) is 1. The average molecular weight is 228 g/mol. The lowest BCUT2D eigenvalue weighted by atomic mass is 10.4. The van der Waals surface area contributed by atoms with E-state index in [1.165, 1.54) is 6.42 Å². The van der Waals surface area contributed by atoms with Crippen molar-refractivity contribution in [3.05, 3.63) is 0 Å². The van der Waals surface area contributed by atoms with Crippen molar-refractivity contribution in [3.8, 4) is 0 Å². The van der Waals surface area contributed by atoms with Gasteiger partial charge in [0.05, 0.1) is 6.54 Å². The van der Waals surface area contributed by atoms with E-state index in [-0.39, 0.29) is 0 Å². The number of hydrogen-bond acceptors (Lipinski definition) is 2. The fraction of sp³-hybridized carbons (Fsp3) is 0.917. The van der Waals surface area contributed by atoms with Gasteiger partial charge in [-0.05, 0) is 33.4 Å². The average Bonchev–Trinajstić information content (AvgIpc) is 2.29. The van der Waals surface area contributed by atoms with Gasteiger partial charge < -0.3 is 15.5 Å². The van der Waals surface area contributed by atoms with Gasteiger partial charge in [-0.2, -0.15) is 0 Å². The van der Waals surface area contributed by atoms with Crippen molar-refractivity contribution in [2.45, 2.75) is 34.1 Å². The SMILES string of the molecule is CCCN(CC)CCN=C(N)N(CC)CC. The topological polar surface area (TPSA) is 44.9 Å². The molecule has 0 unspecified atom stereocenters. The molecule has 2 N–H and O–H groups in total. The molecule has 0 aromatic heterocycles. The van der Waals surface area contributed by atoms with E-state index in [1.54, 1.807) is 0 Å². The molecule has 0 amide bonds. The number of rotatable bonds is 8. The molecule has 96 valence electrons. The number of guanidine groups is 1. The van der Waals surface area contributed by atoms with Crippen LogP contribution < -0.4 is 5.73 Å². The summed E-state index contributed by atoms with van der Waals surface area (Å²) in [5.74, 6) is 0.678. The molecule has 0 saturated heterocycles. The zero-order chi connectivity index (χ0) is 12.4. The molecule has 0 aromatic carbocycles. The van der Waals surface area contributed by atoms with E-state index in [2.05, 4.69) is 42.5 Å². The lowest BCUT2D eigenvalue weighted by Crippen LogP contribution is -2.37. The lowest BCUT2D eigenvalue weighted by Gasteiger charge is -2.21. The monoisotopic (exact) mass is 228 g/mol. The van der Waals surface area contributed by atoms with Crippen LogP contribution in [0.3, 0.4) is 0 Å². The highest BCUT2D eigenvalue weighted by molar-refractivity contribution is 5.77. The van der Waals surface area contributed by atoms with E-state index in [0.717, 1.165) is 39.3 Å². The van der Waals surface area contributed by atoms with Gasteiger partial charge in [0, 0.05) is 19.6 Å². The van der Waals surface area contributed by atoms with E-state index in [0.29, 0.717) is 5.96 Å². The second kappa shape index (κ2) is 9.46. The molecule has 4 nitrogen and oxygen atoms in total. The standard InChI is InChI=1S/C12H28N4/c1-5-10-15(6-2)11-9-14-12(13)16(7-3)8-4/h5-11H2,1-4H3,(H2,13,14). The molecule has 0 spiro atoms. The summed E-state index contributed by atoms with van der Waals surface area (Å²) >= 11 is 0. The Morgan fingerprint density at radius 3 is 2.06 bits per heavy atom. The maximum absolute atomic E-state index is 5.90. The first kappa shape index (κ1) is 15.2. The summed E-state index contributed by atoms with van der Waals surface area (Å²) in [7, 11) is 0. The Labute approximate surface area is 101 Å². The molecular formula is C12H28N4. The second-order valence-corrected chi connectivity index (χ2v) is 3.85. The summed E-state index contributed by atoms with van der Waals surface area (Å²) in [4.78, 5) is 8.90. The van der Waals surface area contributed by atoms with Crippen LogP contribution in [0.1, 0.15) is 34.1 Å². The second-order valence-electron chi connectivity index (χ2n) is 3.85. The molecular weight excluding hydrogens is 200 g/mol. The van der Waals surface area contributed by atoms with Crippen LogP contribution in [0.2, 0.25) is 0 Å². The Morgan fingerprint density at radius 2 is 1.62 bits per heavy atom. The molecule has 0 atom stereocenters. The number of aliphatic imine (C=N–C) groups is 1. The Kier molecular flexibility index (Phi) is 9.00. The maximum Gasteiger partial charge on any atom is 0.191 e. The lowest BCUT2D eigenvalue weighted by molar-refractivity contribution is 0.296. The zero-order valence-electron chi connectivity index (χ0n) is 11.4. The van der Waals surface area contributed by atoms with Crippen LogP contribution in [0.5, 0.6) is 0 Å². The normalized spacial score (nSPS) is 12.2. The first-order valence-corrected chi connectivity index (χ1v) is 6.46. The molecule has 0 radical (unpaired) electrons. The van der Waals surface area contributed by atoms with Gasteiger partial charge in [0.1, 0.15) is 0 Å². The first-order chi connectivity index (χ1) is 7.69. The molecule has 0 saturated carbocycles. The molecule has 16 heavy (non-hydrogen) atoms. The van der Waals surface area contributed by atoms with Crippen LogP contribution in [-0.4, -0.2) is 55.0 Å². The van der Waals surface area contributed by atoms with Gasteiger partial charge in [0.25, 0.3) is 0 Å². The fourth-order valence-electron chi connectivity index (χ4n) is 1.70. The molecule has 0 rings (SSSR count). The van der Waals surface area contributed by atoms with Crippen molar-refractivity contribution < 1.29 is 0 Å². The van der Waals surface area contributed by atoms with Crippen LogP contribution in [0.25, 0.3) is 0 Å². The Morgan fingerprint density at radius 1 is 1.00 bits per heavy atom. The fourth-order valence-corrected chi connectivity index (χ4v) is 1.70. The van der Waals surface area contributed by atoms with Crippen molar-refractivity contribution in [1.29, 1.82) is 0 Å². The van der Waals surface area contributed by atoms with E-state index >= 15 is 0 Å². The minimum Gasteiger partial charge on any atom is -0.370 e. The van der Waals surface area contributed by atoms with Crippen molar-refractivity contribution in [1.82, 2.24) is 9.80 Å². The predicted octanol–water partition coefficient (Wildman–Crippen LogP) is 1.37. The third kappa shape index (κ3) is 5.95. The van der Waals surface area contributed by atoms with Crippen molar-refractivity contribution in [2.24, 2.45) is 10.7 Å². The van der Waals surface area contributed by atoms with Gasteiger partial charge >= 0.3 is 0 Å². The molecule has 0 aliphatic rings. The van der Waals surface area contributed by atoms with Crippen LogP contribution >= 0.6 is 0 Å². The van der Waals surface area contributed by atoms with Crippen molar-refractivity contribution >= 4 is 5.96 Å². The largest absolute Gasteiger partial charge is 0.370 e. The minimum absolute atomic E-state index is 0.678. The first-order valence-electron chi connectivity index (χ1n) is 6.46. The van der Waals surface area contributed by atoms with Crippen molar-refractivity contribution in [3.63, 3.8) is 0 Å². The van der Waals surface area contributed by atoms with E-state index in [4.69, 9.17) is 5.73 Å². The molecule has 0 aromatic rings. The Balaban J connectivity index is 3.96. The highest BCUT2D eigenvalue weighted by atomic mass is 15.2. The number of likely N-dealkylation sites (N-methyl/N-ethyl adjacent to an activating group) is 1.